The van der Waals surface area contributed by atoms with E-state index in [1.54, 1.807) is 18.0 Å². The highest BCUT2D eigenvalue weighted by Gasteiger charge is 2.73. The minimum Gasteiger partial charge on any atom is -0.483 e. The first-order chi connectivity index (χ1) is 18.9. The normalized spacial score (nSPS) is 30.5. The summed E-state index contributed by atoms with van der Waals surface area (Å²) in [4.78, 5) is 29.0. The summed E-state index contributed by atoms with van der Waals surface area (Å²) in [5.74, 6) is -0.0272. The number of esters is 1. The molecular formula is C30H31F3N2O5. The van der Waals surface area contributed by atoms with Crippen molar-refractivity contribution < 1.29 is 37.3 Å². The number of halogens is 3. The average Bonchev–Trinajstić information content (AvgIpc) is 3.25. The van der Waals surface area contributed by atoms with Gasteiger partial charge in [0.05, 0.1) is 22.6 Å². The molecule has 4 aliphatic rings. The van der Waals surface area contributed by atoms with E-state index in [9.17, 15) is 27.9 Å². The van der Waals surface area contributed by atoms with Crippen LogP contribution in [0.2, 0.25) is 0 Å². The van der Waals surface area contributed by atoms with Crippen LogP contribution in [0.1, 0.15) is 48.4 Å². The fourth-order valence-corrected chi connectivity index (χ4v) is 7.58. The summed E-state index contributed by atoms with van der Waals surface area (Å²) in [5, 5.41) is 12.4. The van der Waals surface area contributed by atoms with Crippen molar-refractivity contribution in [2.24, 2.45) is 0 Å². The van der Waals surface area contributed by atoms with Gasteiger partial charge in [0, 0.05) is 31.7 Å². The minimum atomic E-state index is -4.43. The second-order valence-electron chi connectivity index (χ2n) is 11.4. The van der Waals surface area contributed by atoms with Crippen molar-refractivity contribution in [3.05, 3.63) is 64.7 Å². The Balaban J connectivity index is 1.34. The molecule has 2 fully saturated rings. The maximum Gasteiger partial charge on any atom is 0.416 e. The largest absolute Gasteiger partial charge is 0.483 e. The summed E-state index contributed by atoms with van der Waals surface area (Å²) >= 11 is 0. The summed E-state index contributed by atoms with van der Waals surface area (Å²) < 4.78 is 50.8. The molecule has 1 spiro atoms. The van der Waals surface area contributed by atoms with Gasteiger partial charge in [-0.2, -0.15) is 13.2 Å². The number of aliphatic hydroxyl groups is 1. The first-order valence-electron chi connectivity index (χ1n) is 13.4. The highest BCUT2D eigenvalue weighted by molar-refractivity contribution is 5.92. The highest BCUT2D eigenvalue weighted by atomic mass is 19.4. The zero-order valence-corrected chi connectivity index (χ0v) is 22.5. The van der Waals surface area contributed by atoms with Gasteiger partial charge >= 0.3 is 12.1 Å². The Labute approximate surface area is 230 Å². The van der Waals surface area contributed by atoms with Crippen LogP contribution in [0.5, 0.6) is 11.5 Å². The zero-order valence-electron chi connectivity index (χ0n) is 22.5. The van der Waals surface area contributed by atoms with E-state index in [4.69, 9.17) is 9.47 Å². The van der Waals surface area contributed by atoms with Crippen LogP contribution < -0.4 is 9.47 Å². The van der Waals surface area contributed by atoms with E-state index < -0.39 is 40.9 Å². The molecule has 1 saturated heterocycles. The van der Waals surface area contributed by atoms with Crippen molar-refractivity contribution in [2.45, 2.75) is 68.0 Å². The number of alkyl halides is 3. The summed E-state index contributed by atoms with van der Waals surface area (Å²) in [7, 11) is 3.70. The fraction of sp³-hybridized carbons (Fsp3) is 0.467. The molecule has 1 amide bonds. The molecule has 7 nitrogen and oxygen atoms in total. The Kier molecular flexibility index (Phi) is 6.09. The molecule has 1 N–H and O–H groups in total. The number of carbonyl (C=O) groups is 2. The molecule has 2 bridgehead atoms. The molecule has 5 atom stereocenters. The number of rotatable bonds is 4. The molecule has 0 unspecified atom stereocenters. The van der Waals surface area contributed by atoms with Crippen molar-refractivity contribution in [1.82, 2.24) is 9.80 Å². The maximum absolute atomic E-state index is 13.3. The van der Waals surface area contributed by atoms with E-state index in [1.165, 1.54) is 31.2 Å². The van der Waals surface area contributed by atoms with Crippen molar-refractivity contribution in [3.63, 3.8) is 0 Å². The second-order valence-corrected chi connectivity index (χ2v) is 11.4. The van der Waals surface area contributed by atoms with E-state index in [0.29, 0.717) is 42.7 Å². The Hall–Kier alpha value is -3.37. The molecule has 2 aromatic carbocycles. The van der Waals surface area contributed by atoms with Gasteiger partial charge in [0.25, 0.3) is 0 Å². The highest BCUT2D eigenvalue weighted by Crippen LogP contribution is 2.65. The van der Waals surface area contributed by atoms with Crippen LogP contribution in [0.25, 0.3) is 6.08 Å². The van der Waals surface area contributed by atoms with Crippen molar-refractivity contribution in [1.29, 1.82) is 0 Å². The van der Waals surface area contributed by atoms with Crippen LogP contribution in [0.15, 0.2) is 42.5 Å². The summed E-state index contributed by atoms with van der Waals surface area (Å²) in [5.41, 5.74) is -0.222. The van der Waals surface area contributed by atoms with Crippen molar-refractivity contribution in [2.75, 3.05) is 20.6 Å². The molecular weight excluding hydrogens is 525 g/mol. The van der Waals surface area contributed by atoms with Crippen LogP contribution in [-0.2, 0) is 27.6 Å². The van der Waals surface area contributed by atoms with Crippen LogP contribution >= 0.6 is 0 Å². The van der Waals surface area contributed by atoms with Crippen LogP contribution in [0, 0.1) is 0 Å². The summed E-state index contributed by atoms with van der Waals surface area (Å²) in [6.07, 6.45) is 0.0515. The number of likely N-dealkylation sites (N-methyl/N-ethyl adjacent to an activating group) is 2. The Morgan fingerprint density at radius 3 is 2.58 bits per heavy atom. The van der Waals surface area contributed by atoms with Gasteiger partial charge in [0.15, 0.2) is 11.5 Å². The molecule has 212 valence electrons. The SMILES string of the molecule is CC(=O)Oc1ccc2c3c1O[C@H]1[C@H](N(C)C(=O)C=Cc4ccc(C(F)(F)F)cc4)CC[C@@]4(O)[C@@H](C2)N(C)CC[C@]314. The van der Waals surface area contributed by atoms with Gasteiger partial charge in [-0.25, -0.2) is 0 Å². The van der Waals surface area contributed by atoms with Gasteiger partial charge in [-0.3, -0.25) is 9.59 Å². The van der Waals surface area contributed by atoms with Gasteiger partial charge in [-0.05, 0) is 74.7 Å². The number of hydrogen-bond acceptors (Lipinski definition) is 6. The molecule has 2 aromatic rings. The van der Waals surface area contributed by atoms with E-state index in [-0.39, 0.29) is 11.9 Å². The monoisotopic (exact) mass is 556 g/mol. The molecule has 10 heteroatoms. The number of likely N-dealkylation sites (tertiary alicyclic amines) is 1. The maximum atomic E-state index is 13.3. The number of piperidine rings is 1. The van der Waals surface area contributed by atoms with Crippen LogP contribution in [0.3, 0.4) is 0 Å². The van der Waals surface area contributed by atoms with Crippen molar-refractivity contribution in [3.8, 4) is 11.5 Å². The van der Waals surface area contributed by atoms with Gasteiger partial charge in [-0.1, -0.05) is 18.2 Å². The number of benzene rings is 2. The standard InChI is InChI=1S/C30H31F3N2O5/c1-17(36)39-22-10-7-19-16-23-29(38)13-12-21(27-28(29,14-15-34(23)2)25(19)26(22)40-27)35(3)24(37)11-6-18-4-8-20(9-5-18)30(31,32)33/h4-11,21,23,27,38H,12-16H2,1-3H3/t21-,23-,27+,28+,29-/m1/s1. The number of carbonyl (C=O) groups excluding carboxylic acids is 2. The lowest BCUT2D eigenvalue weighted by molar-refractivity contribution is -0.195. The zero-order chi connectivity index (χ0) is 28.6. The van der Waals surface area contributed by atoms with Gasteiger partial charge in [0.2, 0.25) is 5.91 Å². The molecule has 0 radical (unpaired) electrons. The third-order valence-electron chi connectivity index (χ3n) is 9.44. The number of nitrogens with zero attached hydrogens (tertiary/aromatic N) is 2. The van der Waals surface area contributed by atoms with Crippen molar-refractivity contribution >= 4 is 18.0 Å². The lowest BCUT2D eigenvalue weighted by Gasteiger charge is -2.64. The third-order valence-corrected chi connectivity index (χ3v) is 9.44. The summed E-state index contributed by atoms with van der Waals surface area (Å²) in [6.45, 7) is 2.06. The molecule has 40 heavy (non-hydrogen) atoms. The molecule has 6 rings (SSSR count). The summed E-state index contributed by atoms with van der Waals surface area (Å²) in [6, 6.07) is 7.78. The van der Waals surface area contributed by atoms with Gasteiger partial charge in [0.1, 0.15) is 6.10 Å². The lowest BCUT2D eigenvalue weighted by Crippen LogP contribution is -2.77. The first-order valence-corrected chi connectivity index (χ1v) is 13.4. The first kappa shape index (κ1) is 26.8. The predicted molar refractivity (Wildman–Crippen MR) is 140 cm³/mol. The smallest absolute Gasteiger partial charge is 0.416 e. The van der Waals surface area contributed by atoms with Gasteiger partial charge in [-0.15, -0.1) is 0 Å². The Morgan fingerprint density at radius 1 is 1.18 bits per heavy atom. The fourth-order valence-electron chi connectivity index (χ4n) is 7.58. The van der Waals surface area contributed by atoms with E-state index in [0.717, 1.165) is 29.8 Å². The molecule has 2 heterocycles. The quantitative estimate of drug-likeness (QED) is 0.349. The topological polar surface area (TPSA) is 79.3 Å². The molecule has 2 aliphatic carbocycles. The van der Waals surface area contributed by atoms with E-state index in [1.807, 2.05) is 13.1 Å². The molecule has 2 aliphatic heterocycles. The van der Waals surface area contributed by atoms with Crippen LogP contribution in [-0.4, -0.2) is 71.2 Å². The van der Waals surface area contributed by atoms with Gasteiger partial charge < -0.3 is 24.4 Å². The average molecular weight is 557 g/mol. The number of ether oxygens (including phenoxy) is 2. The van der Waals surface area contributed by atoms with E-state index in [2.05, 4.69) is 4.90 Å². The second kappa shape index (κ2) is 9.07. The minimum absolute atomic E-state index is 0.119. The third kappa shape index (κ3) is 3.79. The lowest BCUT2D eigenvalue weighted by atomic mass is 9.48. The number of hydrogen-bond donors (Lipinski definition) is 1. The molecule has 1 saturated carbocycles. The Morgan fingerprint density at radius 2 is 1.90 bits per heavy atom. The van der Waals surface area contributed by atoms with Crippen LogP contribution in [0.4, 0.5) is 13.2 Å². The predicted octanol–water partition coefficient (Wildman–Crippen LogP) is 3.96. The Bertz CT molecular complexity index is 1410. The molecule has 0 aromatic heterocycles. The number of amides is 1. The van der Waals surface area contributed by atoms with E-state index >= 15 is 0 Å².